The van der Waals surface area contributed by atoms with E-state index in [9.17, 15) is 9.59 Å². The summed E-state index contributed by atoms with van der Waals surface area (Å²) in [4.78, 5) is 22.9. The molecule has 0 spiro atoms. The molecular weight excluding hydrogens is 242 g/mol. The molecule has 1 aromatic rings. The molecule has 0 aliphatic rings. The molecule has 0 fully saturated rings. The maximum Gasteiger partial charge on any atom is 0.267 e. The fourth-order valence-corrected chi connectivity index (χ4v) is 1.46. The Kier molecular flexibility index (Phi) is 5.15. The van der Waals surface area contributed by atoms with Crippen molar-refractivity contribution >= 4 is 17.5 Å². The Bertz CT molecular complexity index is 443. The highest BCUT2D eigenvalue weighted by molar-refractivity contribution is 6.29. The van der Waals surface area contributed by atoms with E-state index in [1.54, 1.807) is 0 Å². The average molecular weight is 258 g/mol. The maximum absolute atomic E-state index is 11.5. The Hall–Kier alpha value is -1.36. The number of carbonyl (C=O) groups excluding carboxylic acids is 1. The van der Waals surface area contributed by atoms with E-state index in [1.165, 1.54) is 6.07 Å². The molecule has 0 atom stereocenters. The van der Waals surface area contributed by atoms with Gasteiger partial charge in [0.15, 0.2) is 0 Å². The molecule has 1 aromatic heterocycles. The molecule has 0 unspecified atom stereocenters. The predicted octanol–water partition coefficient (Wildman–Crippen LogP) is 1.13. The minimum atomic E-state index is -0.381. The van der Waals surface area contributed by atoms with Crippen molar-refractivity contribution < 1.29 is 4.79 Å². The van der Waals surface area contributed by atoms with Crippen molar-refractivity contribution in [3.05, 3.63) is 27.1 Å². The third-order valence-electron chi connectivity index (χ3n) is 2.24. The highest BCUT2D eigenvalue weighted by Crippen LogP contribution is 2.02. The third-order valence-corrected chi connectivity index (χ3v) is 2.44. The van der Waals surface area contributed by atoms with Crippen LogP contribution in [0.1, 0.15) is 25.8 Å². The fourth-order valence-electron chi connectivity index (χ4n) is 1.28. The van der Waals surface area contributed by atoms with Gasteiger partial charge in [0.2, 0.25) is 5.91 Å². The molecule has 5 nitrogen and oxygen atoms in total. The van der Waals surface area contributed by atoms with Gasteiger partial charge < -0.3 is 5.32 Å². The summed E-state index contributed by atoms with van der Waals surface area (Å²) in [5.41, 5.74) is -0.0551. The highest BCUT2D eigenvalue weighted by atomic mass is 35.5. The van der Waals surface area contributed by atoms with E-state index in [4.69, 9.17) is 11.6 Å². The van der Waals surface area contributed by atoms with Crippen LogP contribution in [0.3, 0.4) is 0 Å². The number of rotatable bonds is 5. The Morgan fingerprint density at radius 1 is 1.59 bits per heavy atom. The standard InChI is InChI=1S/C11H16ClN3O2/c1-7(2)3-4-13-10(16)6-8-5-9(12)14-15-11(8)17/h5,7H,3-4,6H2,1-2H3,(H,13,16)(H,15,17). The van der Waals surface area contributed by atoms with Crippen LogP contribution < -0.4 is 10.9 Å². The van der Waals surface area contributed by atoms with Crippen LogP contribution in [0.25, 0.3) is 0 Å². The molecule has 0 radical (unpaired) electrons. The topological polar surface area (TPSA) is 74.8 Å². The number of aromatic nitrogens is 2. The van der Waals surface area contributed by atoms with E-state index in [1.807, 2.05) is 0 Å². The molecular formula is C11H16ClN3O2. The number of nitrogens with one attached hydrogen (secondary N) is 2. The summed E-state index contributed by atoms with van der Waals surface area (Å²) < 4.78 is 0. The first-order valence-electron chi connectivity index (χ1n) is 5.50. The fraction of sp³-hybridized carbons (Fsp3) is 0.545. The average Bonchev–Trinajstić information content (AvgIpc) is 2.23. The second-order valence-corrected chi connectivity index (χ2v) is 4.64. The van der Waals surface area contributed by atoms with E-state index in [2.05, 4.69) is 29.4 Å². The molecule has 0 aliphatic carbocycles. The molecule has 1 heterocycles. The van der Waals surface area contributed by atoms with Gasteiger partial charge in [-0.15, -0.1) is 0 Å². The van der Waals surface area contributed by atoms with Crippen molar-refractivity contribution in [1.29, 1.82) is 0 Å². The first kappa shape index (κ1) is 13.7. The number of carbonyl (C=O) groups is 1. The van der Waals surface area contributed by atoms with Crippen molar-refractivity contribution in [3.8, 4) is 0 Å². The summed E-state index contributed by atoms with van der Waals surface area (Å²) in [5, 5.41) is 8.69. The van der Waals surface area contributed by atoms with Crippen molar-refractivity contribution in [2.45, 2.75) is 26.7 Å². The molecule has 0 aliphatic heterocycles. The number of halogens is 1. The molecule has 0 aromatic carbocycles. The number of hydrogen-bond donors (Lipinski definition) is 2. The van der Waals surface area contributed by atoms with Crippen LogP contribution in [0, 0.1) is 5.92 Å². The molecule has 0 saturated carbocycles. The lowest BCUT2D eigenvalue weighted by molar-refractivity contribution is -0.120. The van der Waals surface area contributed by atoms with Gasteiger partial charge in [-0.25, -0.2) is 5.10 Å². The normalized spacial score (nSPS) is 10.6. The van der Waals surface area contributed by atoms with Crippen molar-refractivity contribution in [2.75, 3.05) is 6.54 Å². The van der Waals surface area contributed by atoms with Crippen LogP contribution in [0.4, 0.5) is 0 Å². The van der Waals surface area contributed by atoms with Gasteiger partial charge in [0.05, 0.1) is 6.42 Å². The van der Waals surface area contributed by atoms with E-state index in [0.717, 1.165) is 6.42 Å². The Morgan fingerprint density at radius 2 is 2.29 bits per heavy atom. The zero-order chi connectivity index (χ0) is 12.8. The van der Waals surface area contributed by atoms with E-state index >= 15 is 0 Å². The predicted molar refractivity (Wildman–Crippen MR) is 66.0 cm³/mol. The van der Waals surface area contributed by atoms with E-state index < -0.39 is 0 Å². The summed E-state index contributed by atoms with van der Waals surface area (Å²) in [6, 6.07) is 1.41. The second kappa shape index (κ2) is 6.39. The molecule has 6 heteroatoms. The number of H-pyrrole nitrogens is 1. The van der Waals surface area contributed by atoms with Gasteiger partial charge in [-0.1, -0.05) is 25.4 Å². The molecule has 2 N–H and O–H groups in total. The van der Waals surface area contributed by atoms with E-state index in [-0.39, 0.29) is 23.0 Å². The minimum absolute atomic E-state index is 0.0235. The molecule has 17 heavy (non-hydrogen) atoms. The minimum Gasteiger partial charge on any atom is -0.356 e. The van der Waals surface area contributed by atoms with Gasteiger partial charge in [0.1, 0.15) is 5.15 Å². The summed E-state index contributed by atoms with van der Waals surface area (Å²) >= 11 is 5.63. The van der Waals surface area contributed by atoms with Crippen LogP contribution in [0.15, 0.2) is 10.9 Å². The Balaban J connectivity index is 2.50. The lowest BCUT2D eigenvalue weighted by Gasteiger charge is -2.06. The molecule has 94 valence electrons. The monoisotopic (exact) mass is 257 g/mol. The smallest absolute Gasteiger partial charge is 0.267 e. The molecule has 0 saturated heterocycles. The Labute approximate surface area is 105 Å². The van der Waals surface area contributed by atoms with Crippen LogP contribution in [-0.4, -0.2) is 22.6 Å². The number of amides is 1. The number of aromatic amines is 1. The number of hydrogen-bond acceptors (Lipinski definition) is 3. The Morgan fingerprint density at radius 3 is 2.94 bits per heavy atom. The summed E-state index contributed by atoms with van der Waals surface area (Å²) in [6.07, 6.45) is 0.939. The lowest BCUT2D eigenvalue weighted by atomic mass is 10.1. The van der Waals surface area contributed by atoms with Gasteiger partial charge in [-0.2, -0.15) is 5.10 Å². The van der Waals surface area contributed by atoms with Crippen molar-refractivity contribution in [3.63, 3.8) is 0 Å². The van der Waals surface area contributed by atoms with Crippen LogP contribution >= 0.6 is 11.6 Å². The largest absolute Gasteiger partial charge is 0.356 e. The molecule has 0 bridgehead atoms. The van der Waals surface area contributed by atoms with Gasteiger partial charge in [-0.3, -0.25) is 9.59 Å². The van der Waals surface area contributed by atoms with Crippen LogP contribution in [-0.2, 0) is 11.2 Å². The maximum atomic E-state index is 11.5. The molecule has 1 amide bonds. The third kappa shape index (κ3) is 4.99. The second-order valence-electron chi connectivity index (χ2n) is 4.25. The van der Waals surface area contributed by atoms with Gasteiger partial charge in [0.25, 0.3) is 5.56 Å². The van der Waals surface area contributed by atoms with Crippen molar-refractivity contribution in [2.24, 2.45) is 5.92 Å². The zero-order valence-corrected chi connectivity index (χ0v) is 10.7. The zero-order valence-electron chi connectivity index (χ0n) is 9.92. The lowest BCUT2D eigenvalue weighted by Crippen LogP contribution is -2.29. The quantitative estimate of drug-likeness (QED) is 0.830. The summed E-state index contributed by atoms with van der Waals surface area (Å²) in [6.45, 7) is 4.78. The van der Waals surface area contributed by atoms with Crippen LogP contribution in [0.2, 0.25) is 5.15 Å². The van der Waals surface area contributed by atoms with E-state index in [0.29, 0.717) is 18.0 Å². The van der Waals surface area contributed by atoms with Gasteiger partial charge in [-0.05, 0) is 18.4 Å². The van der Waals surface area contributed by atoms with Gasteiger partial charge >= 0.3 is 0 Å². The highest BCUT2D eigenvalue weighted by Gasteiger charge is 2.08. The first-order valence-corrected chi connectivity index (χ1v) is 5.87. The van der Waals surface area contributed by atoms with Crippen LogP contribution in [0.5, 0.6) is 0 Å². The SMILES string of the molecule is CC(C)CCNC(=O)Cc1cc(Cl)n[nH]c1=O. The van der Waals surface area contributed by atoms with Crippen molar-refractivity contribution in [1.82, 2.24) is 15.5 Å². The number of nitrogens with zero attached hydrogens (tertiary/aromatic N) is 1. The summed E-state index contributed by atoms with van der Waals surface area (Å²) in [7, 11) is 0. The van der Waals surface area contributed by atoms with Gasteiger partial charge in [0, 0.05) is 12.1 Å². The first-order chi connectivity index (χ1) is 7.99. The molecule has 1 rings (SSSR count). The summed E-state index contributed by atoms with van der Waals surface area (Å²) in [5.74, 6) is 0.354.